The summed E-state index contributed by atoms with van der Waals surface area (Å²) >= 11 is 0. The van der Waals surface area contributed by atoms with E-state index < -0.39 is 10.2 Å². The molecule has 4 rings (SSSR count). The minimum Gasteiger partial charge on any atom is -0.340 e. The predicted octanol–water partition coefficient (Wildman–Crippen LogP) is -0.849. The molecule has 1 N–H and O–H groups in total. The Labute approximate surface area is 160 Å². The summed E-state index contributed by atoms with van der Waals surface area (Å²) in [6.45, 7) is 4.28. The molecule has 10 heteroatoms. The summed E-state index contributed by atoms with van der Waals surface area (Å²) < 4.78 is 28.8. The zero-order valence-electron chi connectivity index (χ0n) is 15.8. The molecule has 9 nitrogen and oxygen atoms in total. The number of hydrogen-bond acceptors (Lipinski definition) is 5. The monoisotopic (exact) mass is 396 g/mol. The van der Waals surface area contributed by atoms with E-state index in [9.17, 15) is 13.2 Å². The standard InChI is InChI=1S/C17H28N6O3S/c1-20-4-8-22(9-5-20)27(25,26)23-10-6-21(7-11-23)17(24)14-2-3-15-13-18-19-16(15)12-14/h13-14H,2-12H2,1H3,(H,18,19). The minimum atomic E-state index is -3.43. The maximum Gasteiger partial charge on any atom is 0.282 e. The van der Waals surface area contributed by atoms with Crippen molar-refractivity contribution >= 4 is 16.1 Å². The number of aromatic nitrogens is 2. The Bertz CT molecular complexity index is 778. The topological polar surface area (TPSA) is 92.9 Å². The summed E-state index contributed by atoms with van der Waals surface area (Å²) in [5.74, 6) is 0.116. The van der Waals surface area contributed by atoms with Crippen LogP contribution in [0.25, 0.3) is 0 Å². The number of nitrogens with one attached hydrogen (secondary N) is 1. The first-order chi connectivity index (χ1) is 12.9. The summed E-state index contributed by atoms with van der Waals surface area (Å²) in [6, 6.07) is 0. The molecule has 0 radical (unpaired) electrons. The van der Waals surface area contributed by atoms with Gasteiger partial charge in [-0.3, -0.25) is 9.89 Å². The lowest BCUT2D eigenvalue weighted by Crippen LogP contribution is -2.57. The second-order valence-electron chi connectivity index (χ2n) is 7.75. The summed E-state index contributed by atoms with van der Waals surface area (Å²) in [4.78, 5) is 16.9. The largest absolute Gasteiger partial charge is 0.340 e. The van der Waals surface area contributed by atoms with Crippen LogP contribution in [0, 0.1) is 5.92 Å². The van der Waals surface area contributed by atoms with Crippen LogP contribution in [0.3, 0.4) is 0 Å². The van der Waals surface area contributed by atoms with Gasteiger partial charge in [0.2, 0.25) is 5.91 Å². The van der Waals surface area contributed by atoms with Gasteiger partial charge < -0.3 is 9.80 Å². The van der Waals surface area contributed by atoms with Gasteiger partial charge in [-0.05, 0) is 25.5 Å². The molecule has 27 heavy (non-hydrogen) atoms. The summed E-state index contributed by atoms with van der Waals surface area (Å²) in [5, 5.41) is 7.06. The molecule has 1 aromatic heterocycles. The van der Waals surface area contributed by atoms with Gasteiger partial charge in [-0.15, -0.1) is 0 Å². The van der Waals surface area contributed by atoms with Gasteiger partial charge in [-0.2, -0.15) is 22.1 Å². The van der Waals surface area contributed by atoms with Crippen LogP contribution < -0.4 is 0 Å². The molecular weight excluding hydrogens is 368 g/mol. The summed E-state index contributed by atoms with van der Waals surface area (Å²) in [6.07, 6.45) is 4.26. The van der Waals surface area contributed by atoms with Gasteiger partial charge in [-0.25, -0.2) is 0 Å². The second kappa shape index (κ2) is 7.50. The van der Waals surface area contributed by atoms with Gasteiger partial charge in [0, 0.05) is 70.4 Å². The molecule has 150 valence electrons. The molecule has 1 aliphatic carbocycles. The Morgan fingerprint density at radius 3 is 2.37 bits per heavy atom. The van der Waals surface area contributed by atoms with E-state index in [4.69, 9.17) is 0 Å². The van der Waals surface area contributed by atoms with E-state index in [2.05, 4.69) is 15.1 Å². The fraction of sp³-hybridized carbons (Fsp3) is 0.765. The molecule has 0 aromatic carbocycles. The highest BCUT2D eigenvalue weighted by molar-refractivity contribution is 7.86. The number of aromatic amines is 1. The van der Waals surface area contributed by atoms with Gasteiger partial charge in [0.05, 0.1) is 6.20 Å². The molecule has 0 saturated carbocycles. The number of carbonyl (C=O) groups is 1. The maximum absolute atomic E-state index is 12.9. The van der Waals surface area contributed by atoms with E-state index >= 15 is 0 Å². The van der Waals surface area contributed by atoms with Crippen LogP contribution in [0.15, 0.2) is 6.20 Å². The third kappa shape index (κ3) is 3.75. The van der Waals surface area contributed by atoms with Crippen molar-refractivity contribution in [2.24, 2.45) is 5.92 Å². The molecule has 2 fully saturated rings. The number of H-pyrrole nitrogens is 1. The Hall–Kier alpha value is -1.49. The fourth-order valence-electron chi connectivity index (χ4n) is 4.20. The van der Waals surface area contributed by atoms with Crippen molar-refractivity contribution in [3.8, 4) is 0 Å². The Kier molecular flexibility index (Phi) is 5.23. The number of carbonyl (C=O) groups excluding carboxylic acids is 1. The average molecular weight is 397 g/mol. The van der Waals surface area contributed by atoms with Crippen molar-refractivity contribution < 1.29 is 13.2 Å². The molecule has 3 aliphatic rings. The molecule has 2 aliphatic heterocycles. The number of fused-ring (bicyclic) bond motifs is 1. The van der Waals surface area contributed by atoms with Crippen LogP contribution in [0.2, 0.25) is 0 Å². The number of hydrogen-bond donors (Lipinski definition) is 1. The lowest BCUT2D eigenvalue weighted by molar-refractivity contribution is -0.137. The molecule has 1 aromatic rings. The van der Waals surface area contributed by atoms with Crippen LogP contribution in [0.4, 0.5) is 0 Å². The number of aryl methyl sites for hydroxylation is 1. The number of amides is 1. The smallest absolute Gasteiger partial charge is 0.282 e. The Morgan fingerprint density at radius 2 is 1.70 bits per heavy atom. The first-order valence-electron chi connectivity index (χ1n) is 9.69. The SMILES string of the molecule is CN1CCN(S(=O)(=O)N2CCN(C(=O)C3CCc4cn[nH]c4C3)CC2)CC1. The second-order valence-corrected chi connectivity index (χ2v) is 9.68. The van der Waals surface area contributed by atoms with Crippen molar-refractivity contribution in [2.75, 3.05) is 59.4 Å². The van der Waals surface area contributed by atoms with E-state index in [-0.39, 0.29) is 11.8 Å². The van der Waals surface area contributed by atoms with Crippen molar-refractivity contribution in [1.29, 1.82) is 0 Å². The van der Waals surface area contributed by atoms with Crippen molar-refractivity contribution in [2.45, 2.75) is 19.3 Å². The zero-order valence-corrected chi connectivity index (χ0v) is 16.6. The van der Waals surface area contributed by atoms with E-state index in [1.54, 1.807) is 4.31 Å². The van der Waals surface area contributed by atoms with Crippen molar-refractivity contribution in [3.63, 3.8) is 0 Å². The van der Waals surface area contributed by atoms with Crippen LogP contribution in [-0.4, -0.2) is 102 Å². The molecule has 1 unspecified atom stereocenters. The highest BCUT2D eigenvalue weighted by Crippen LogP contribution is 2.26. The predicted molar refractivity (Wildman–Crippen MR) is 100 cm³/mol. The lowest BCUT2D eigenvalue weighted by atomic mass is 9.87. The van der Waals surface area contributed by atoms with Crippen molar-refractivity contribution in [1.82, 2.24) is 28.6 Å². The van der Waals surface area contributed by atoms with Crippen LogP contribution in [0.5, 0.6) is 0 Å². The molecule has 1 atom stereocenters. The van der Waals surface area contributed by atoms with Gasteiger partial charge in [0.25, 0.3) is 10.2 Å². The van der Waals surface area contributed by atoms with E-state index in [1.807, 2.05) is 18.1 Å². The van der Waals surface area contributed by atoms with Gasteiger partial charge in [0.15, 0.2) is 0 Å². The third-order valence-corrected chi connectivity index (χ3v) is 8.07. The van der Waals surface area contributed by atoms with Crippen LogP contribution in [-0.2, 0) is 27.8 Å². The van der Waals surface area contributed by atoms with Gasteiger partial charge in [0.1, 0.15) is 0 Å². The molecular formula is C17H28N6O3S. The molecule has 1 amide bonds. The van der Waals surface area contributed by atoms with Crippen LogP contribution >= 0.6 is 0 Å². The summed E-state index contributed by atoms with van der Waals surface area (Å²) in [7, 11) is -1.42. The molecule has 2 saturated heterocycles. The number of rotatable bonds is 3. The Morgan fingerprint density at radius 1 is 1.07 bits per heavy atom. The highest BCUT2D eigenvalue weighted by atomic mass is 32.2. The molecule has 0 bridgehead atoms. The number of nitrogens with zero attached hydrogens (tertiary/aromatic N) is 5. The maximum atomic E-state index is 12.9. The van der Waals surface area contributed by atoms with E-state index in [1.165, 1.54) is 9.87 Å². The van der Waals surface area contributed by atoms with Crippen LogP contribution in [0.1, 0.15) is 17.7 Å². The highest BCUT2D eigenvalue weighted by Gasteiger charge is 2.36. The molecule has 0 spiro atoms. The van der Waals surface area contributed by atoms with E-state index in [0.29, 0.717) is 45.7 Å². The Balaban J connectivity index is 1.33. The minimum absolute atomic E-state index is 0.0289. The van der Waals surface area contributed by atoms with Gasteiger partial charge in [-0.1, -0.05) is 0 Å². The van der Waals surface area contributed by atoms with Gasteiger partial charge >= 0.3 is 0 Å². The first-order valence-corrected chi connectivity index (χ1v) is 11.1. The normalized spacial score (nSPS) is 26.1. The lowest BCUT2D eigenvalue weighted by Gasteiger charge is -2.40. The van der Waals surface area contributed by atoms with E-state index in [0.717, 1.165) is 31.6 Å². The average Bonchev–Trinajstić information content (AvgIpc) is 3.15. The number of piperazine rings is 2. The number of likely N-dealkylation sites (N-methyl/N-ethyl adjacent to an activating group) is 1. The molecule has 3 heterocycles. The quantitative estimate of drug-likeness (QED) is 0.719. The van der Waals surface area contributed by atoms with Crippen molar-refractivity contribution in [3.05, 3.63) is 17.5 Å². The first kappa shape index (κ1) is 18.9. The third-order valence-electron chi connectivity index (χ3n) is 6.03. The summed E-state index contributed by atoms with van der Waals surface area (Å²) in [5.41, 5.74) is 2.28. The zero-order chi connectivity index (χ0) is 19.0. The fourth-order valence-corrected chi connectivity index (χ4v) is 5.77.